The van der Waals surface area contributed by atoms with E-state index < -0.39 is 0 Å². The van der Waals surface area contributed by atoms with Crippen LogP contribution in [0.2, 0.25) is 0 Å². The summed E-state index contributed by atoms with van der Waals surface area (Å²) in [5, 5.41) is 6.81. The number of piperidine rings is 1. The number of fused-ring (bicyclic) bond motifs is 1. The molecule has 1 aromatic heterocycles. The smallest absolute Gasteiger partial charge is 0.257 e. The van der Waals surface area contributed by atoms with Gasteiger partial charge in [-0.1, -0.05) is 6.42 Å². The minimum Gasteiger partial charge on any atom is -0.333 e. The van der Waals surface area contributed by atoms with E-state index in [4.69, 9.17) is 0 Å². The van der Waals surface area contributed by atoms with Gasteiger partial charge in [-0.15, -0.1) is 0 Å². The van der Waals surface area contributed by atoms with E-state index in [2.05, 4.69) is 22.0 Å². The lowest BCUT2D eigenvalue weighted by Gasteiger charge is -2.47. The zero-order chi connectivity index (χ0) is 13.4. The van der Waals surface area contributed by atoms with Crippen molar-refractivity contribution in [2.75, 3.05) is 19.6 Å². The van der Waals surface area contributed by atoms with Crippen molar-refractivity contribution in [1.29, 1.82) is 0 Å². The summed E-state index contributed by atoms with van der Waals surface area (Å²) in [6.45, 7) is 7.12. The minimum atomic E-state index is 0.129. The Labute approximate surface area is 114 Å². The van der Waals surface area contributed by atoms with Gasteiger partial charge in [0.15, 0.2) is 0 Å². The van der Waals surface area contributed by atoms with Gasteiger partial charge in [-0.3, -0.25) is 14.8 Å². The maximum atomic E-state index is 12.6. The number of amides is 1. The third kappa shape index (κ3) is 2.27. The van der Waals surface area contributed by atoms with Gasteiger partial charge in [0.25, 0.3) is 5.91 Å². The molecule has 0 bridgehead atoms. The normalized spacial score (nSPS) is 28.2. The zero-order valence-electron chi connectivity index (χ0n) is 11.7. The summed E-state index contributed by atoms with van der Waals surface area (Å²) in [5.41, 5.74) is 1.58. The van der Waals surface area contributed by atoms with Gasteiger partial charge < -0.3 is 4.90 Å². The summed E-state index contributed by atoms with van der Waals surface area (Å²) in [4.78, 5) is 17.2. The number of piperazine rings is 1. The summed E-state index contributed by atoms with van der Waals surface area (Å²) in [6, 6.07) is 0.845. The second-order valence-corrected chi connectivity index (χ2v) is 5.86. The first kappa shape index (κ1) is 12.7. The molecule has 5 nitrogen and oxygen atoms in total. The van der Waals surface area contributed by atoms with E-state index in [1.165, 1.54) is 25.8 Å². The van der Waals surface area contributed by atoms with E-state index in [0.29, 0.717) is 6.04 Å². The highest BCUT2D eigenvalue weighted by Crippen LogP contribution is 2.25. The van der Waals surface area contributed by atoms with E-state index in [1.807, 2.05) is 11.8 Å². The molecule has 2 aliphatic heterocycles. The van der Waals surface area contributed by atoms with Gasteiger partial charge in [0.05, 0.1) is 11.8 Å². The second kappa shape index (κ2) is 4.96. The molecule has 2 unspecified atom stereocenters. The van der Waals surface area contributed by atoms with Crippen molar-refractivity contribution in [3.8, 4) is 0 Å². The van der Waals surface area contributed by atoms with Gasteiger partial charge >= 0.3 is 0 Å². The Morgan fingerprint density at radius 2 is 2.26 bits per heavy atom. The van der Waals surface area contributed by atoms with Crippen LogP contribution in [0.5, 0.6) is 0 Å². The van der Waals surface area contributed by atoms with E-state index in [1.54, 1.807) is 6.20 Å². The molecule has 19 heavy (non-hydrogen) atoms. The number of carbonyl (C=O) groups is 1. The van der Waals surface area contributed by atoms with E-state index in [-0.39, 0.29) is 11.9 Å². The SMILES string of the molecule is Cc1[nH]ncc1C(=O)N1CC2CCCCN2CC1C. The molecular weight excluding hydrogens is 240 g/mol. The van der Waals surface area contributed by atoms with Crippen molar-refractivity contribution in [2.24, 2.45) is 0 Å². The van der Waals surface area contributed by atoms with Crippen LogP contribution in [0, 0.1) is 6.92 Å². The molecule has 0 aliphatic carbocycles. The van der Waals surface area contributed by atoms with Crippen molar-refractivity contribution in [2.45, 2.75) is 45.2 Å². The number of aromatic amines is 1. The van der Waals surface area contributed by atoms with Crippen LogP contribution in [0.15, 0.2) is 6.20 Å². The average Bonchev–Trinajstić information content (AvgIpc) is 2.83. The average molecular weight is 262 g/mol. The van der Waals surface area contributed by atoms with Gasteiger partial charge in [0, 0.05) is 30.9 Å². The fourth-order valence-electron chi connectivity index (χ4n) is 3.36. The van der Waals surface area contributed by atoms with Gasteiger partial charge in [-0.2, -0.15) is 5.10 Å². The Balaban J connectivity index is 1.77. The van der Waals surface area contributed by atoms with Crippen LogP contribution >= 0.6 is 0 Å². The van der Waals surface area contributed by atoms with Crippen molar-refractivity contribution in [1.82, 2.24) is 20.0 Å². The number of hydrogen-bond acceptors (Lipinski definition) is 3. The fourth-order valence-corrected chi connectivity index (χ4v) is 3.36. The predicted octanol–water partition coefficient (Wildman–Crippen LogP) is 1.42. The molecule has 3 rings (SSSR count). The molecule has 5 heteroatoms. The third-order valence-electron chi connectivity index (χ3n) is 4.51. The zero-order valence-corrected chi connectivity index (χ0v) is 11.7. The lowest BCUT2D eigenvalue weighted by Crippen LogP contribution is -2.60. The molecule has 3 heterocycles. The number of nitrogens with one attached hydrogen (secondary N) is 1. The molecule has 0 radical (unpaired) electrons. The lowest BCUT2D eigenvalue weighted by atomic mass is 9.96. The van der Waals surface area contributed by atoms with Gasteiger partial charge in [0.1, 0.15) is 0 Å². The summed E-state index contributed by atoms with van der Waals surface area (Å²) < 4.78 is 0. The first-order chi connectivity index (χ1) is 9.16. The monoisotopic (exact) mass is 262 g/mol. The van der Waals surface area contributed by atoms with Gasteiger partial charge in [0.2, 0.25) is 0 Å². The quantitative estimate of drug-likeness (QED) is 0.832. The summed E-state index contributed by atoms with van der Waals surface area (Å²) in [7, 11) is 0. The molecule has 104 valence electrons. The number of hydrogen-bond donors (Lipinski definition) is 1. The van der Waals surface area contributed by atoms with Crippen molar-refractivity contribution >= 4 is 5.91 Å². The number of H-pyrrole nitrogens is 1. The van der Waals surface area contributed by atoms with Crippen molar-refractivity contribution in [3.63, 3.8) is 0 Å². The molecule has 0 spiro atoms. The van der Waals surface area contributed by atoms with E-state index >= 15 is 0 Å². The Hall–Kier alpha value is -1.36. The highest BCUT2D eigenvalue weighted by atomic mass is 16.2. The Morgan fingerprint density at radius 1 is 1.42 bits per heavy atom. The van der Waals surface area contributed by atoms with Crippen molar-refractivity contribution in [3.05, 3.63) is 17.5 Å². The Kier molecular flexibility index (Phi) is 3.31. The molecule has 0 saturated carbocycles. The molecule has 2 fully saturated rings. The summed E-state index contributed by atoms with van der Waals surface area (Å²) in [5.74, 6) is 0.129. The van der Waals surface area contributed by atoms with Crippen LogP contribution < -0.4 is 0 Å². The first-order valence-electron chi connectivity index (χ1n) is 7.22. The van der Waals surface area contributed by atoms with E-state index in [0.717, 1.165) is 24.3 Å². The highest BCUT2D eigenvalue weighted by Gasteiger charge is 2.35. The van der Waals surface area contributed by atoms with Crippen LogP contribution in [-0.2, 0) is 0 Å². The number of aryl methyl sites for hydroxylation is 1. The maximum absolute atomic E-state index is 12.6. The molecular formula is C14H22N4O. The molecule has 2 aliphatic rings. The molecule has 0 aromatic carbocycles. The fraction of sp³-hybridized carbons (Fsp3) is 0.714. The summed E-state index contributed by atoms with van der Waals surface area (Å²) >= 11 is 0. The molecule has 1 N–H and O–H groups in total. The van der Waals surface area contributed by atoms with Crippen LogP contribution in [0.4, 0.5) is 0 Å². The second-order valence-electron chi connectivity index (χ2n) is 5.86. The molecule has 1 amide bonds. The number of carbonyl (C=O) groups excluding carboxylic acids is 1. The topological polar surface area (TPSA) is 52.2 Å². The van der Waals surface area contributed by atoms with Crippen LogP contribution in [0.3, 0.4) is 0 Å². The standard InChI is InChI=1S/C14H22N4O/c1-10-8-17-6-4-3-5-12(17)9-18(10)14(19)13-7-15-16-11(13)2/h7,10,12H,3-6,8-9H2,1-2H3,(H,15,16). The number of nitrogens with zero attached hydrogens (tertiary/aromatic N) is 3. The van der Waals surface area contributed by atoms with Crippen molar-refractivity contribution < 1.29 is 4.79 Å². The lowest BCUT2D eigenvalue weighted by molar-refractivity contribution is 0.0151. The van der Waals surface area contributed by atoms with Gasteiger partial charge in [-0.05, 0) is 33.2 Å². The predicted molar refractivity (Wildman–Crippen MR) is 73.0 cm³/mol. The van der Waals surface area contributed by atoms with Crippen LogP contribution in [-0.4, -0.2) is 57.6 Å². The summed E-state index contributed by atoms with van der Waals surface area (Å²) in [6.07, 6.45) is 5.47. The minimum absolute atomic E-state index is 0.129. The number of aromatic nitrogens is 2. The highest BCUT2D eigenvalue weighted by molar-refractivity contribution is 5.95. The Morgan fingerprint density at radius 3 is 3.00 bits per heavy atom. The number of rotatable bonds is 1. The first-order valence-corrected chi connectivity index (χ1v) is 7.22. The van der Waals surface area contributed by atoms with Gasteiger partial charge in [-0.25, -0.2) is 0 Å². The van der Waals surface area contributed by atoms with E-state index in [9.17, 15) is 4.79 Å². The molecule has 2 atom stereocenters. The maximum Gasteiger partial charge on any atom is 0.257 e. The Bertz CT molecular complexity index is 470. The molecule has 2 saturated heterocycles. The van der Waals surface area contributed by atoms with Crippen LogP contribution in [0.1, 0.15) is 42.2 Å². The van der Waals surface area contributed by atoms with Crippen LogP contribution in [0.25, 0.3) is 0 Å². The molecule has 1 aromatic rings. The largest absolute Gasteiger partial charge is 0.333 e. The third-order valence-corrected chi connectivity index (χ3v) is 4.51.